The zero-order valence-electron chi connectivity index (χ0n) is 23.6. The van der Waals surface area contributed by atoms with Crippen LogP contribution in [0.2, 0.25) is 0 Å². The van der Waals surface area contributed by atoms with Crippen LogP contribution in [0.5, 0.6) is 5.75 Å². The molecule has 3 saturated heterocycles. The number of amides is 2. The zero-order chi connectivity index (χ0) is 28.9. The van der Waals surface area contributed by atoms with E-state index in [2.05, 4.69) is 20.1 Å². The lowest BCUT2D eigenvalue weighted by Crippen LogP contribution is -2.57. The van der Waals surface area contributed by atoms with E-state index in [4.69, 9.17) is 9.47 Å². The molecule has 4 rings (SSSR count). The van der Waals surface area contributed by atoms with Crippen molar-refractivity contribution in [2.24, 2.45) is 17.8 Å². The number of anilines is 1. The highest BCUT2D eigenvalue weighted by atomic mass is 32.2. The van der Waals surface area contributed by atoms with Crippen LogP contribution in [0.3, 0.4) is 0 Å². The van der Waals surface area contributed by atoms with Gasteiger partial charge in [-0.15, -0.1) is 24.9 Å². The number of methoxy groups -OCH3 is 1. The van der Waals surface area contributed by atoms with Gasteiger partial charge in [0.2, 0.25) is 5.91 Å². The summed E-state index contributed by atoms with van der Waals surface area (Å²) in [6.45, 7) is 10.7. The van der Waals surface area contributed by atoms with E-state index in [0.717, 1.165) is 25.7 Å². The van der Waals surface area contributed by atoms with E-state index in [1.807, 2.05) is 18.2 Å². The molecule has 2 amide bonds. The van der Waals surface area contributed by atoms with Crippen molar-refractivity contribution in [1.29, 1.82) is 0 Å². The Hall–Kier alpha value is -2.78. The first-order chi connectivity index (χ1) is 19.3. The number of ether oxygens (including phenoxy) is 2. The second-order valence-electron chi connectivity index (χ2n) is 10.9. The average Bonchev–Trinajstić information content (AvgIpc) is 3.55. The van der Waals surface area contributed by atoms with E-state index >= 15 is 0 Å². The lowest BCUT2D eigenvalue weighted by molar-refractivity contribution is -0.154. The fourth-order valence-corrected chi connectivity index (χ4v) is 9.13. The maximum Gasteiger partial charge on any atom is 0.310 e. The van der Waals surface area contributed by atoms with Gasteiger partial charge in [0.15, 0.2) is 0 Å². The van der Waals surface area contributed by atoms with Crippen LogP contribution in [0.1, 0.15) is 45.4 Å². The minimum Gasteiger partial charge on any atom is -0.497 e. The lowest BCUT2D eigenvalue weighted by atomic mass is 9.66. The van der Waals surface area contributed by atoms with Crippen LogP contribution in [0.15, 0.2) is 49.6 Å². The Balaban J connectivity index is 1.68. The van der Waals surface area contributed by atoms with Gasteiger partial charge < -0.3 is 24.4 Å². The predicted molar refractivity (Wildman–Crippen MR) is 157 cm³/mol. The molecule has 9 heteroatoms. The van der Waals surface area contributed by atoms with E-state index in [-0.39, 0.29) is 42.1 Å². The van der Waals surface area contributed by atoms with Crippen molar-refractivity contribution in [2.75, 3.05) is 38.3 Å². The van der Waals surface area contributed by atoms with E-state index < -0.39 is 22.6 Å². The summed E-state index contributed by atoms with van der Waals surface area (Å²) in [4.78, 5) is 45.6. The monoisotopic (exact) mass is 570 g/mol. The number of carbonyl (C=O) groups is 3. The fourth-order valence-electron chi connectivity index (χ4n) is 6.72. The van der Waals surface area contributed by atoms with Crippen LogP contribution in [-0.4, -0.2) is 77.2 Å². The molecule has 2 bridgehead atoms. The number of rotatable bonds is 15. The highest BCUT2D eigenvalue weighted by Crippen LogP contribution is 2.68. The Morgan fingerprint density at radius 1 is 1.18 bits per heavy atom. The van der Waals surface area contributed by atoms with Crippen LogP contribution in [0.25, 0.3) is 0 Å². The van der Waals surface area contributed by atoms with Gasteiger partial charge in [0.05, 0.1) is 30.3 Å². The molecule has 3 aliphatic heterocycles. The van der Waals surface area contributed by atoms with Crippen LogP contribution >= 0.6 is 11.8 Å². The molecule has 1 aromatic rings. The van der Waals surface area contributed by atoms with Gasteiger partial charge in [-0.05, 0) is 68.7 Å². The molecule has 0 saturated carbocycles. The van der Waals surface area contributed by atoms with Crippen molar-refractivity contribution in [2.45, 2.75) is 61.5 Å². The molecular formula is C31H42N2O6S. The number of aliphatic hydroxyl groups excluding tert-OH is 1. The summed E-state index contributed by atoms with van der Waals surface area (Å²) in [5, 5.41) is 9.36. The first-order valence-corrected chi connectivity index (χ1v) is 15.2. The lowest BCUT2D eigenvalue weighted by Gasteiger charge is -2.40. The number of aliphatic hydroxyl groups is 1. The summed E-state index contributed by atoms with van der Waals surface area (Å²) in [7, 11) is 1.59. The molecule has 218 valence electrons. The number of benzene rings is 1. The van der Waals surface area contributed by atoms with Crippen molar-refractivity contribution in [1.82, 2.24) is 4.90 Å². The van der Waals surface area contributed by atoms with Gasteiger partial charge in [0, 0.05) is 30.6 Å². The summed E-state index contributed by atoms with van der Waals surface area (Å²) >= 11 is 1.64. The molecule has 3 fully saturated rings. The highest BCUT2D eigenvalue weighted by Gasteiger charge is 2.76. The number of thioether (sulfide) groups is 1. The number of hydrogen-bond donors (Lipinski definition) is 1. The van der Waals surface area contributed by atoms with Gasteiger partial charge in [-0.2, -0.15) is 0 Å². The third-order valence-corrected chi connectivity index (χ3v) is 10.6. The molecule has 1 N–H and O–H groups in total. The first kappa shape index (κ1) is 30.2. The third-order valence-electron chi connectivity index (χ3n) is 8.57. The van der Waals surface area contributed by atoms with Gasteiger partial charge in [0.25, 0.3) is 5.91 Å². The number of fused-ring (bicyclic) bond motifs is 1. The Morgan fingerprint density at radius 3 is 2.58 bits per heavy atom. The van der Waals surface area contributed by atoms with Crippen molar-refractivity contribution in [3.8, 4) is 5.75 Å². The molecule has 1 aromatic carbocycles. The molecule has 3 aliphatic rings. The quantitative estimate of drug-likeness (QED) is 0.192. The first-order valence-electron chi connectivity index (χ1n) is 14.3. The summed E-state index contributed by atoms with van der Waals surface area (Å²) in [6, 6.07) is 6.53. The standard InChI is InChI=1S/C31H42N2O6S/c1-5-7-8-11-19-39-30(37)25-24-20-21(3)31(40-24)26(25)28(35)33(17-9-10-18-34)27(31)29(36)32(16-6-2)22-12-14-23(38-4)15-13-22/h5-6,12-15,21,24-27,34H,1-2,7-11,16-20H2,3-4H3/t21?,24-,25+,26+,27?,31?/m1/s1. The van der Waals surface area contributed by atoms with Gasteiger partial charge >= 0.3 is 5.97 Å². The van der Waals surface area contributed by atoms with Gasteiger partial charge in [0.1, 0.15) is 11.8 Å². The number of carbonyl (C=O) groups excluding carboxylic acids is 3. The van der Waals surface area contributed by atoms with E-state index in [1.54, 1.807) is 46.9 Å². The molecule has 3 unspecified atom stereocenters. The molecule has 6 atom stereocenters. The summed E-state index contributed by atoms with van der Waals surface area (Å²) < 4.78 is 10.3. The molecule has 0 aromatic heterocycles. The maximum absolute atomic E-state index is 14.6. The normalized spacial score (nSPS) is 28.3. The Bertz CT molecular complexity index is 1090. The molecule has 1 spiro atoms. The van der Waals surface area contributed by atoms with Crippen LogP contribution in [0.4, 0.5) is 5.69 Å². The van der Waals surface area contributed by atoms with Crippen LogP contribution in [0, 0.1) is 17.8 Å². The van der Waals surface area contributed by atoms with Crippen molar-refractivity contribution < 1.29 is 29.0 Å². The molecule has 0 radical (unpaired) electrons. The Labute approximate surface area is 241 Å². The molecule has 40 heavy (non-hydrogen) atoms. The molecular weight excluding hydrogens is 528 g/mol. The number of hydrogen-bond acceptors (Lipinski definition) is 7. The average molecular weight is 571 g/mol. The largest absolute Gasteiger partial charge is 0.497 e. The summed E-state index contributed by atoms with van der Waals surface area (Å²) in [6.07, 6.45) is 7.88. The van der Waals surface area contributed by atoms with Crippen molar-refractivity contribution >= 4 is 35.2 Å². The topological polar surface area (TPSA) is 96.4 Å². The van der Waals surface area contributed by atoms with Gasteiger partial charge in [-0.1, -0.05) is 19.1 Å². The smallest absolute Gasteiger partial charge is 0.310 e. The number of likely N-dealkylation sites (tertiary alicyclic amines) is 1. The summed E-state index contributed by atoms with van der Waals surface area (Å²) in [5.41, 5.74) is 0.689. The van der Waals surface area contributed by atoms with E-state index in [9.17, 15) is 19.5 Å². The number of allylic oxidation sites excluding steroid dienone is 1. The second kappa shape index (κ2) is 13.3. The van der Waals surface area contributed by atoms with Crippen molar-refractivity contribution in [3.63, 3.8) is 0 Å². The predicted octanol–water partition coefficient (Wildman–Crippen LogP) is 4.22. The minimum absolute atomic E-state index is 0.0116. The molecule has 3 heterocycles. The van der Waals surface area contributed by atoms with Crippen molar-refractivity contribution in [3.05, 3.63) is 49.6 Å². The zero-order valence-corrected chi connectivity index (χ0v) is 24.4. The van der Waals surface area contributed by atoms with Gasteiger partial charge in [-0.3, -0.25) is 14.4 Å². The van der Waals surface area contributed by atoms with E-state index in [0.29, 0.717) is 37.4 Å². The fraction of sp³-hybridized carbons (Fsp3) is 0.581. The van der Waals surface area contributed by atoms with Crippen LogP contribution in [-0.2, 0) is 19.1 Å². The SMILES string of the molecule is C=CCCCCOC(=O)[C@@H]1[C@H]2C(=O)N(CCCCO)C(C(=O)N(CC=C)c3ccc(OC)cc3)C23S[C@@H]1CC3C. The second-order valence-corrected chi connectivity index (χ2v) is 12.5. The Morgan fingerprint density at radius 2 is 1.93 bits per heavy atom. The Kier molecular flexibility index (Phi) is 10.0. The number of nitrogens with zero attached hydrogens (tertiary/aromatic N) is 2. The minimum atomic E-state index is -0.735. The third kappa shape index (κ3) is 5.42. The number of esters is 1. The summed E-state index contributed by atoms with van der Waals surface area (Å²) in [5.74, 6) is -1.10. The molecule has 8 nitrogen and oxygen atoms in total. The van der Waals surface area contributed by atoms with Gasteiger partial charge in [-0.25, -0.2) is 0 Å². The molecule has 0 aliphatic carbocycles. The number of unbranched alkanes of at least 4 members (excludes halogenated alkanes) is 3. The highest BCUT2D eigenvalue weighted by molar-refractivity contribution is 8.02. The maximum atomic E-state index is 14.6. The van der Waals surface area contributed by atoms with E-state index in [1.165, 1.54) is 0 Å². The van der Waals surface area contributed by atoms with Crippen LogP contribution < -0.4 is 9.64 Å².